The molecule has 2 N–H and O–H groups in total. The molecule has 0 aromatic carbocycles. The van der Waals surface area contributed by atoms with Crippen LogP contribution in [0, 0.1) is 0 Å². The molecule has 0 unspecified atom stereocenters. The Balaban J connectivity index is 3.57. The number of carbonyl (C=O) groups is 2. The number of carbonyl (C=O) groups excluding carboxylic acids is 2. The Morgan fingerprint density at radius 3 is 1.38 bits per heavy atom. The molecule has 21 heavy (non-hydrogen) atoms. The van der Waals surface area contributed by atoms with Gasteiger partial charge in [0.1, 0.15) is 0 Å². The number of unbranched alkanes of at least 4 members (excludes halogenated alkanes) is 2. The third-order valence-electron chi connectivity index (χ3n) is 1.67. The summed E-state index contributed by atoms with van der Waals surface area (Å²) in [5.41, 5.74) is 0. The summed E-state index contributed by atoms with van der Waals surface area (Å²) >= 11 is 0. The molecule has 0 aliphatic rings. The molecule has 0 radical (unpaired) electrons. The molecule has 0 bridgehead atoms. The first-order valence-electron chi connectivity index (χ1n) is 5.28. The Morgan fingerprint density at radius 2 is 1.10 bits per heavy atom. The van der Waals surface area contributed by atoms with Gasteiger partial charge >= 0.3 is 33.0 Å². The van der Waals surface area contributed by atoms with Crippen LogP contribution in [0.3, 0.4) is 0 Å². The lowest BCUT2D eigenvalue weighted by Gasteiger charge is -2.05. The Morgan fingerprint density at radius 1 is 0.762 bits per heavy atom. The summed E-state index contributed by atoms with van der Waals surface area (Å²) in [6.45, 7) is -0.432. The minimum absolute atomic E-state index is 0.216. The zero-order valence-corrected chi connectivity index (χ0v) is 12.0. The maximum absolute atomic E-state index is 11.9. The Labute approximate surface area is 119 Å². The molecule has 0 saturated heterocycles. The molecular weight excluding hydrogens is 342 g/mol. The molecule has 0 aliphatic heterocycles. The van der Waals surface area contributed by atoms with Crippen LogP contribution < -0.4 is 9.44 Å². The summed E-state index contributed by atoms with van der Waals surface area (Å²) in [4.78, 5) is 21.3. The van der Waals surface area contributed by atoms with Crippen molar-refractivity contribution in [3.63, 3.8) is 0 Å². The van der Waals surface area contributed by atoms with Gasteiger partial charge in [-0.2, -0.15) is 26.3 Å². The van der Waals surface area contributed by atoms with Gasteiger partial charge in [0.25, 0.3) is 0 Å². The van der Waals surface area contributed by atoms with E-state index in [2.05, 4.69) is 9.47 Å². The molecule has 124 valence electrons. The number of rotatable bonds is 8. The predicted molar refractivity (Wildman–Crippen MR) is 62.9 cm³/mol. The molecule has 0 aromatic rings. The van der Waals surface area contributed by atoms with Crippen LogP contribution >= 0.6 is 0 Å². The van der Waals surface area contributed by atoms with Gasteiger partial charge in [0, 0.05) is 0 Å². The monoisotopic (exact) mass is 354 g/mol. The maximum Gasteiger partial charge on any atom is 0.422 e. The smallest absolute Gasteiger partial charge is 0.422 e. The van der Waals surface area contributed by atoms with E-state index in [-0.39, 0.29) is 26.1 Å². The van der Waals surface area contributed by atoms with Gasteiger partial charge in [0.05, 0.1) is 13.2 Å². The van der Waals surface area contributed by atoms with Crippen molar-refractivity contribution in [3.8, 4) is 0 Å². The van der Waals surface area contributed by atoms with Gasteiger partial charge in [0.2, 0.25) is 0 Å². The molecule has 10 nitrogen and oxygen atoms in total. The minimum atomic E-state index is -5.17. The second-order valence-electron chi connectivity index (χ2n) is 3.41. The van der Waals surface area contributed by atoms with E-state index in [1.165, 1.54) is 0 Å². The van der Waals surface area contributed by atoms with E-state index in [4.69, 9.17) is 0 Å². The summed E-state index contributed by atoms with van der Waals surface area (Å²) in [5, 5.41) is 0. The fraction of sp³-hybridized carbons (Fsp3) is 0.714. The molecule has 0 rings (SSSR count). The van der Waals surface area contributed by atoms with Crippen LogP contribution in [0.15, 0.2) is 0 Å². The molecule has 0 saturated carbocycles. The fourth-order valence-corrected chi connectivity index (χ4v) is 1.48. The highest BCUT2D eigenvalue weighted by Crippen LogP contribution is 1.98. The van der Waals surface area contributed by atoms with Crippen LogP contribution in [0.5, 0.6) is 0 Å². The van der Waals surface area contributed by atoms with Crippen molar-refractivity contribution in [2.24, 2.45) is 0 Å². The van der Waals surface area contributed by atoms with Gasteiger partial charge < -0.3 is 9.47 Å². The van der Waals surface area contributed by atoms with Crippen LogP contribution in [0.1, 0.15) is 19.3 Å². The van der Waals surface area contributed by atoms with Crippen molar-refractivity contribution < 1.29 is 43.7 Å². The molecule has 0 spiro atoms. The van der Waals surface area contributed by atoms with Gasteiger partial charge in [-0.1, -0.05) is 7.77 Å². The van der Waals surface area contributed by atoms with Crippen LogP contribution in [0.4, 0.5) is 17.4 Å². The number of amides is 2. The zero-order valence-electron chi connectivity index (χ0n) is 10.4. The van der Waals surface area contributed by atoms with Crippen molar-refractivity contribution in [3.05, 3.63) is 0 Å². The van der Waals surface area contributed by atoms with E-state index in [1.54, 1.807) is 0 Å². The third-order valence-corrected chi connectivity index (χ3v) is 2.49. The number of hydrogen-bond donors (Lipinski definition) is 2. The molecule has 0 aromatic heterocycles. The average molecular weight is 354 g/mol. The van der Waals surface area contributed by atoms with Crippen LogP contribution in [-0.4, -0.2) is 42.2 Å². The predicted octanol–water partition coefficient (Wildman–Crippen LogP) is 0.0377. The lowest BCUT2D eigenvalue weighted by atomic mass is 10.2. The first-order chi connectivity index (χ1) is 9.49. The zero-order chi connectivity index (χ0) is 16.5. The Bertz CT molecular complexity index is 511. The van der Waals surface area contributed by atoms with Crippen LogP contribution in [0.2, 0.25) is 0 Å². The van der Waals surface area contributed by atoms with E-state index in [0.717, 1.165) is 9.44 Å². The van der Waals surface area contributed by atoms with Gasteiger partial charge in [-0.15, -0.1) is 0 Å². The van der Waals surface area contributed by atoms with Gasteiger partial charge in [-0.3, -0.25) is 0 Å². The maximum atomic E-state index is 11.9. The van der Waals surface area contributed by atoms with Crippen molar-refractivity contribution >= 4 is 33.0 Å². The highest BCUT2D eigenvalue weighted by Gasteiger charge is 2.13. The minimum Gasteiger partial charge on any atom is -0.449 e. The second-order valence-corrected chi connectivity index (χ2v) is 5.57. The molecular formula is C7H12F2N2O8S2. The summed E-state index contributed by atoms with van der Waals surface area (Å²) in [6.07, 6.45) is -2.11. The topological polar surface area (TPSA) is 145 Å². The van der Waals surface area contributed by atoms with Gasteiger partial charge in [-0.25, -0.2) is 9.59 Å². The van der Waals surface area contributed by atoms with E-state index >= 15 is 0 Å². The van der Waals surface area contributed by atoms with Crippen molar-refractivity contribution in [1.82, 2.24) is 9.44 Å². The quantitative estimate of drug-likeness (QED) is 0.459. The highest BCUT2D eigenvalue weighted by molar-refractivity contribution is 7.85. The summed E-state index contributed by atoms with van der Waals surface area (Å²) in [6, 6.07) is 0. The number of halogens is 2. The second kappa shape index (κ2) is 8.56. The number of ether oxygens (including phenoxy) is 2. The summed E-state index contributed by atoms with van der Waals surface area (Å²) in [7, 11) is -10.3. The summed E-state index contributed by atoms with van der Waals surface area (Å²) < 4.78 is 74.2. The van der Waals surface area contributed by atoms with Crippen molar-refractivity contribution in [2.75, 3.05) is 13.2 Å². The first-order valence-corrected chi connectivity index (χ1v) is 8.04. The molecule has 14 heteroatoms. The normalized spacial score (nSPS) is 11.5. The van der Waals surface area contributed by atoms with Gasteiger partial charge in [0.15, 0.2) is 0 Å². The van der Waals surface area contributed by atoms with Gasteiger partial charge in [-0.05, 0) is 19.3 Å². The SMILES string of the molecule is O=C(NS(=O)(=O)F)OCCCCCOC(=O)NS(=O)(=O)F. The highest BCUT2D eigenvalue weighted by atomic mass is 32.3. The van der Waals surface area contributed by atoms with Crippen LogP contribution in [-0.2, 0) is 30.3 Å². The Hall–Kier alpha value is -1.70. The lowest BCUT2D eigenvalue weighted by molar-refractivity contribution is 0.142. The third kappa shape index (κ3) is 14.5. The van der Waals surface area contributed by atoms with E-state index in [1.807, 2.05) is 0 Å². The Kier molecular flexibility index (Phi) is 7.86. The lowest BCUT2D eigenvalue weighted by Crippen LogP contribution is -2.28. The van der Waals surface area contributed by atoms with Crippen LogP contribution in [0.25, 0.3) is 0 Å². The molecule has 0 aliphatic carbocycles. The first kappa shape index (κ1) is 19.3. The van der Waals surface area contributed by atoms with E-state index < -0.39 is 33.0 Å². The van der Waals surface area contributed by atoms with Crippen molar-refractivity contribution in [2.45, 2.75) is 19.3 Å². The number of nitrogens with one attached hydrogen (secondary N) is 2. The van der Waals surface area contributed by atoms with Crippen molar-refractivity contribution in [1.29, 1.82) is 0 Å². The average Bonchev–Trinajstić information content (AvgIpc) is 2.22. The standard InChI is InChI=1S/C7H12F2N2O8S2/c8-20(14,15)10-6(12)18-4-2-1-3-5-19-7(13)11-21(9,16)17/h1-5H2,(H,10,12)(H,11,13). The molecule has 0 fully saturated rings. The summed E-state index contributed by atoms with van der Waals surface area (Å²) in [5.74, 6) is 0. The van der Waals surface area contributed by atoms with E-state index in [9.17, 15) is 34.2 Å². The largest absolute Gasteiger partial charge is 0.449 e. The van der Waals surface area contributed by atoms with E-state index in [0.29, 0.717) is 6.42 Å². The molecule has 0 heterocycles. The molecule has 2 amide bonds. The number of hydrogen-bond acceptors (Lipinski definition) is 8. The fourth-order valence-electron chi connectivity index (χ4n) is 0.969. The molecule has 0 atom stereocenters.